The number of hydrogen-bond donors (Lipinski definition) is 2. The van der Waals surface area contributed by atoms with Crippen molar-refractivity contribution in [2.45, 2.75) is 39.5 Å². The van der Waals surface area contributed by atoms with Crippen molar-refractivity contribution >= 4 is 34.8 Å². The lowest BCUT2D eigenvalue weighted by molar-refractivity contribution is 0.472. The fraction of sp³-hybridized carbons (Fsp3) is 0.615. The standard InChI is InChI=1S/C13H21Cl2N3/c1-3-5-6-9(4-2)8-17-13-11(15)7-10(14)12(16)18-13/h7,9H,3-6,8H2,1-2H3,(H3,16,17,18). The van der Waals surface area contributed by atoms with E-state index in [2.05, 4.69) is 24.1 Å². The van der Waals surface area contributed by atoms with Gasteiger partial charge in [-0.15, -0.1) is 0 Å². The van der Waals surface area contributed by atoms with E-state index in [1.807, 2.05) is 0 Å². The summed E-state index contributed by atoms with van der Waals surface area (Å²) in [7, 11) is 0. The predicted molar refractivity (Wildman–Crippen MR) is 80.5 cm³/mol. The zero-order valence-electron chi connectivity index (χ0n) is 11.0. The molecule has 0 amide bonds. The van der Waals surface area contributed by atoms with E-state index in [-0.39, 0.29) is 0 Å². The Hall–Kier alpha value is -0.670. The number of hydrogen-bond acceptors (Lipinski definition) is 3. The molecule has 0 bridgehead atoms. The van der Waals surface area contributed by atoms with Crippen LogP contribution < -0.4 is 11.1 Å². The van der Waals surface area contributed by atoms with Gasteiger partial charge in [0.1, 0.15) is 11.6 Å². The van der Waals surface area contributed by atoms with E-state index >= 15 is 0 Å². The van der Waals surface area contributed by atoms with Crippen molar-refractivity contribution in [2.75, 3.05) is 17.6 Å². The van der Waals surface area contributed by atoms with Crippen LogP contribution in [0.25, 0.3) is 0 Å². The minimum absolute atomic E-state index is 0.310. The molecule has 18 heavy (non-hydrogen) atoms. The SMILES string of the molecule is CCCCC(CC)CNc1nc(N)c(Cl)cc1Cl. The Morgan fingerprint density at radius 2 is 2.06 bits per heavy atom. The first-order chi connectivity index (χ1) is 8.58. The molecule has 0 aliphatic heterocycles. The number of nitrogens with zero attached hydrogens (tertiary/aromatic N) is 1. The summed E-state index contributed by atoms with van der Waals surface area (Å²) in [6.45, 7) is 5.27. The van der Waals surface area contributed by atoms with Crippen LogP contribution >= 0.6 is 23.2 Å². The molecule has 0 aromatic carbocycles. The summed E-state index contributed by atoms with van der Waals surface area (Å²) in [5, 5.41) is 4.16. The average Bonchev–Trinajstić information content (AvgIpc) is 2.35. The van der Waals surface area contributed by atoms with Gasteiger partial charge < -0.3 is 11.1 Å². The number of aromatic nitrogens is 1. The highest BCUT2D eigenvalue weighted by Gasteiger charge is 2.10. The monoisotopic (exact) mass is 289 g/mol. The average molecular weight is 290 g/mol. The zero-order valence-corrected chi connectivity index (χ0v) is 12.5. The Balaban J connectivity index is 2.59. The van der Waals surface area contributed by atoms with Gasteiger partial charge in [0.05, 0.1) is 10.0 Å². The first-order valence-electron chi connectivity index (χ1n) is 6.43. The van der Waals surface area contributed by atoms with Crippen LogP contribution in [0.4, 0.5) is 11.6 Å². The van der Waals surface area contributed by atoms with E-state index < -0.39 is 0 Å². The summed E-state index contributed by atoms with van der Waals surface area (Å²) in [5.41, 5.74) is 5.67. The Bertz CT molecular complexity index is 383. The zero-order chi connectivity index (χ0) is 13.5. The minimum atomic E-state index is 0.310. The third kappa shape index (κ3) is 4.54. The second-order valence-corrected chi connectivity index (χ2v) is 5.30. The van der Waals surface area contributed by atoms with Crippen LogP contribution in [-0.4, -0.2) is 11.5 Å². The van der Waals surface area contributed by atoms with Crippen molar-refractivity contribution in [3.05, 3.63) is 16.1 Å². The molecule has 0 fully saturated rings. The third-order valence-corrected chi connectivity index (χ3v) is 3.65. The molecule has 3 N–H and O–H groups in total. The molecular formula is C13H21Cl2N3. The minimum Gasteiger partial charge on any atom is -0.382 e. The summed E-state index contributed by atoms with van der Waals surface area (Å²) in [6, 6.07) is 1.63. The topological polar surface area (TPSA) is 50.9 Å². The molecule has 3 nitrogen and oxygen atoms in total. The molecule has 0 saturated heterocycles. The van der Waals surface area contributed by atoms with Gasteiger partial charge in [-0.05, 0) is 18.4 Å². The lowest BCUT2D eigenvalue weighted by atomic mass is 9.99. The maximum absolute atomic E-state index is 6.07. The highest BCUT2D eigenvalue weighted by Crippen LogP contribution is 2.27. The quantitative estimate of drug-likeness (QED) is 0.771. The first-order valence-corrected chi connectivity index (χ1v) is 7.19. The van der Waals surface area contributed by atoms with Gasteiger partial charge >= 0.3 is 0 Å². The Labute approximate surface area is 119 Å². The molecule has 1 unspecified atom stereocenters. The van der Waals surface area contributed by atoms with Gasteiger partial charge in [0, 0.05) is 6.54 Å². The van der Waals surface area contributed by atoms with Crippen LogP contribution in [-0.2, 0) is 0 Å². The summed E-state index contributed by atoms with van der Waals surface area (Å²) in [6.07, 6.45) is 4.85. The van der Waals surface area contributed by atoms with E-state index in [0.29, 0.717) is 27.6 Å². The molecule has 0 aliphatic rings. The molecule has 0 saturated carbocycles. The van der Waals surface area contributed by atoms with Gasteiger partial charge in [-0.25, -0.2) is 4.98 Å². The molecule has 0 aliphatic carbocycles. The largest absolute Gasteiger partial charge is 0.382 e. The molecule has 1 heterocycles. The normalized spacial score (nSPS) is 12.4. The molecule has 5 heteroatoms. The number of anilines is 2. The lowest BCUT2D eigenvalue weighted by Crippen LogP contribution is -2.15. The number of nitrogens with two attached hydrogens (primary N) is 1. The van der Waals surface area contributed by atoms with E-state index in [9.17, 15) is 0 Å². The van der Waals surface area contributed by atoms with E-state index in [4.69, 9.17) is 28.9 Å². The Kier molecular flexibility index (Phi) is 6.58. The number of rotatable bonds is 7. The maximum atomic E-state index is 6.07. The molecular weight excluding hydrogens is 269 g/mol. The van der Waals surface area contributed by atoms with Crippen LogP contribution in [0.5, 0.6) is 0 Å². The number of halogens is 2. The fourth-order valence-electron chi connectivity index (χ4n) is 1.79. The van der Waals surface area contributed by atoms with Gasteiger partial charge in [0.25, 0.3) is 0 Å². The lowest BCUT2D eigenvalue weighted by Gasteiger charge is -2.16. The maximum Gasteiger partial charge on any atom is 0.147 e. The summed E-state index contributed by atoms with van der Waals surface area (Å²) in [5.74, 6) is 1.57. The van der Waals surface area contributed by atoms with Gasteiger partial charge in [-0.2, -0.15) is 0 Å². The van der Waals surface area contributed by atoms with Crippen molar-refractivity contribution in [3.8, 4) is 0 Å². The van der Waals surface area contributed by atoms with Crippen molar-refractivity contribution in [1.29, 1.82) is 0 Å². The third-order valence-electron chi connectivity index (χ3n) is 3.06. The van der Waals surface area contributed by atoms with Crippen molar-refractivity contribution < 1.29 is 0 Å². The molecule has 1 aromatic heterocycles. The van der Waals surface area contributed by atoms with E-state index in [1.54, 1.807) is 6.07 Å². The Morgan fingerprint density at radius 1 is 1.33 bits per heavy atom. The van der Waals surface area contributed by atoms with Gasteiger partial charge in [-0.3, -0.25) is 0 Å². The smallest absolute Gasteiger partial charge is 0.147 e. The van der Waals surface area contributed by atoms with Crippen molar-refractivity contribution in [1.82, 2.24) is 4.98 Å². The van der Waals surface area contributed by atoms with Crippen molar-refractivity contribution in [2.24, 2.45) is 5.92 Å². The second kappa shape index (κ2) is 7.70. The van der Waals surface area contributed by atoms with Crippen LogP contribution in [0.1, 0.15) is 39.5 Å². The van der Waals surface area contributed by atoms with Crippen LogP contribution in [0.3, 0.4) is 0 Å². The first kappa shape index (κ1) is 15.4. The van der Waals surface area contributed by atoms with Gasteiger partial charge in [0.15, 0.2) is 0 Å². The second-order valence-electron chi connectivity index (χ2n) is 4.48. The molecule has 1 atom stereocenters. The van der Waals surface area contributed by atoms with Crippen molar-refractivity contribution in [3.63, 3.8) is 0 Å². The molecule has 0 spiro atoms. The summed E-state index contributed by atoms with van der Waals surface area (Å²) < 4.78 is 0. The van der Waals surface area contributed by atoms with Crippen LogP contribution in [0.15, 0.2) is 6.07 Å². The summed E-state index contributed by atoms with van der Waals surface area (Å²) >= 11 is 11.9. The predicted octanol–water partition coefficient (Wildman–Crippen LogP) is 4.60. The Morgan fingerprint density at radius 3 is 2.67 bits per heavy atom. The number of nitrogens with one attached hydrogen (secondary N) is 1. The highest BCUT2D eigenvalue weighted by atomic mass is 35.5. The highest BCUT2D eigenvalue weighted by molar-refractivity contribution is 6.37. The summed E-state index contributed by atoms with van der Waals surface area (Å²) in [4.78, 5) is 4.16. The number of unbranched alkanes of at least 4 members (excludes halogenated alkanes) is 1. The van der Waals surface area contributed by atoms with E-state index in [0.717, 1.165) is 13.0 Å². The van der Waals surface area contributed by atoms with E-state index in [1.165, 1.54) is 19.3 Å². The molecule has 0 radical (unpaired) electrons. The van der Waals surface area contributed by atoms with Gasteiger partial charge in [-0.1, -0.05) is 56.3 Å². The fourth-order valence-corrected chi connectivity index (χ4v) is 2.21. The molecule has 1 rings (SSSR count). The number of pyridine rings is 1. The molecule has 102 valence electrons. The van der Waals surface area contributed by atoms with Crippen LogP contribution in [0, 0.1) is 5.92 Å². The van der Waals surface area contributed by atoms with Crippen LogP contribution in [0.2, 0.25) is 10.0 Å². The van der Waals surface area contributed by atoms with Gasteiger partial charge in [0.2, 0.25) is 0 Å². The number of nitrogen functional groups attached to an aromatic ring is 1. The molecule has 1 aromatic rings.